The molecule has 0 aliphatic carbocycles. The number of rotatable bonds is 35. The SMILES string of the molecule is CC[C@H](C)[C@H](NC(=O)[C@H](CC(C)C)NC(=O)[C@@H](N)CCCCN)C(=O)N[C@@H](CCCCN)C(=O)N[C@@H](CC(N)=O)C(=O)N[C@@H](CC(N)=O)C(=O)N[C@@H](C)C(=O)N[C@@H](CO)C(=O)N[C@H](C(=O)O)[C@@H](C)O. The third-order valence-corrected chi connectivity index (χ3v) is 10.7. The number of aliphatic hydroxyl groups excluding tert-OH is 2. The third kappa shape index (κ3) is 24.2. The highest BCUT2D eigenvalue weighted by Gasteiger charge is 2.36. The van der Waals surface area contributed by atoms with E-state index in [2.05, 4.69) is 37.2 Å². The van der Waals surface area contributed by atoms with Crippen LogP contribution >= 0.6 is 0 Å². The lowest BCUT2D eigenvalue weighted by molar-refractivity contribution is -0.145. The van der Waals surface area contributed by atoms with E-state index in [1.54, 1.807) is 13.8 Å². The molecule has 394 valence electrons. The molecule has 69 heavy (non-hydrogen) atoms. The molecule has 0 saturated carbocycles. The summed E-state index contributed by atoms with van der Waals surface area (Å²) >= 11 is 0. The summed E-state index contributed by atoms with van der Waals surface area (Å²) in [5.74, 6) is -12.3. The first kappa shape index (κ1) is 63.0. The van der Waals surface area contributed by atoms with Gasteiger partial charge < -0.3 is 86.5 Å². The molecule has 27 nitrogen and oxygen atoms in total. The Morgan fingerprint density at radius 2 is 0.928 bits per heavy atom. The van der Waals surface area contributed by atoms with Gasteiger partial charge in [-0.2, -0.15) is 0 Å². The summed E-state index contributed by atoms with van der Waals surface area (Å²) in [5.41, 5.74) is 28.0. The van der Waals surface area contributed by atoms with Crippen molar-refractivity contribution in [1.82, 2.24) is 42.5 Å². The summed E-state index contributed by atoms with van der Waals surface area (Å²) in [7, 11) is 0. The van der Waals surface area contributed by atoms with E-state index in [9.17, 15) is 68.1 Å². The van der Waals surface area contributed by atoms with Crippen molar-refractivity contribution in [2.24, 2.45) is 40.5 Å². The molecule has 0 spiro atoms. The summed E-state index contributed by atoms with van der Waals surface area (Å²) in [4.78, 5) is 143. The quantitative estimate of drug-likeness (QED) is 0.0263. The maximum atomic E-state index is 14.0. The first-order valence-electron chi connectivity index (χ1n) is 22.9. The van der Waals surface area contributed by atoms with Crippen LogP contribution in [0.2, 0.25) is 0 Å². The maximum Gasteiger partial charge on any atom is 0.328 e. The second-order valence-corrected chi connectivity index (χ2v) is 17.3. The molecule has 11 atom stereocenters. The van der Waals surface area contributed by atoms with Crippen molar-refractivity contribution in [3.8, 4) is 0 Å². The highest BCUT2D eigenvalue weighted by molar-refractivity contribution is 6.00. The smallest absolute Gasteiger partial charge is 0.328 e. The number of hydrogen-bond acceptors (Lipinski definition) is 16. The lowest BCUT2D eigenvalue weighted by Crippen LogP contribution is -2.61. The number of amides is 10. The molecule has 10 amide bonds. The van der Waals surface area contributed by atoms with Crippen molar-refractivity contribution in [2.45, 2.75) is 166 Å². The Kier molecular flexibility index (Phi) is 29.8. The van der Waals surface area contributed by atoms with Crippen LogP contribution in [0.5, 0.6) is 0 Å². The van der Waals surface area contributed by atoms with Crippen molar-refractivity contribution in [1.29, 1.82) is 0 Å². The van der Waals surface area contributed by atoms with Gasteiger partial charge in [0.2, 0.25) is 59.1 Å². The van der Waals surface area contributed by atoms with E-state index < -0.39 is 151 Å². The lowest BCUT2D eigenvalue weighted by Gasteiger charge is -2.29. The van der Waals surface area contributed by atoms with Gasteiger partial charge in [0.15, 0.2) is 6.04 Å². The maximum absolute atomic E-state index is 14.0. The molecule has 0 aromatic rings. The van der Waals surface area contributed by atoms with Crippen molar-refractivity contribution < 1.29 is 68.1 Å². The van der Waals surface area contributed by atoms with Crippen LogP contribution in [0.1, 0.15) is 106 Å². The summed E-state index contributed by atoms with van der Waals surface area (Å²) in [6.45, 7) is 8.88. The Bertz CT molecular complexity index is 1750. The molecule has 21 N–H and O–H groups in total. The largest absolute Gasteiger partial charge is 0.480 e. The van der Waals surface area contributed by atoms with E-state index in [4.69, 9.17) is 28.7 Å². The summed E-state index contributed by atoms with van der Waals surface area (Å²) in [5, 5.41) is 47.3. The Morgan fingerprint density at radius 3 is 1.38 bits per heavy atom. The number of carbonyl (C=O) groups is 11. The van der Waals surface area contributed by atoms with Gasteiger partial charge in [-0.1, -0.05) is 40.5 Å². The Labute approximate surface area is 401 Å². The van der Waals surface area contributed by atoms with Gasteiger partial charge in [0.05, 0.1) is 31.6 Å². The molecule has 0 rings (SSSR count). The number of unbranched alkanes of at least 4 members (excludes halogenated alkanes) is 2. The monoisotopic (exact) mass is 988 g/mol. The fraction of sp³-hybridized carbons (Fsp3) is 0.738. The fourth-order valence-corrected chi connectivity index (χ4v) is 6.48. The summed E-state index contributed by atoms with van der Waals surface area (Å²) in [6, 6.07) is -13.5. The van der Waals surface area contributed by atoms with Gasteiger partial charge >= 0.3 is 5.97 Å². The number of nitrogens with one attached hydrogen (secondary N) is 8. The second-order valence-electron chi connectivity index (χ2n) is 17.3. The van der Waals surface area contributed by atoms with Crippen molar-refractivity contribution >= 4 is 65.0 Å². The van der Waals surface area contributed by atoms with Gasteiger partial charge in [0, 0.05) is 0 Å². The second kappa shape index (κ2) is 32.7. The van der Waals surface area contributed by atoms with Gasteiger partial charge in [-0.15, -0.1) is 0 Å². The van der Waals surface area contributed by atoms with Crippen LogP contribution in [-0.2, 0) is 52.7 Å². The van der Waals surface area contributed by atoms with Crippen molar-refractivity contribution in [2.75, 3.05) is 19.7 Å². The van der Waals surface area contributed by atoms with Crippen molar-refractivity contribution in [3.05, 3.63) is 0 Å². The molecule has 0 aromatic carbocycles. The Balaban J connectivity index is 6.42. The number of carboxylic acids is 1. The zero-order chi connectivity index (χ0) is 53.1. The van der Waals surface area contributed by atoms with Crippen LogP contribution in [0.4, 0.5) is 0 Å². The van der Waals surface area contributed by atoms with Crippen LogP contribution in [0.15, 0.2) is 0 Å². The van der Waals surface area contributed by atoms with Crippen LogP contribution < -0.4 is 71.2 Å². The number of aliphatic hydroxyl groups is 2. The lowest BCUT2D eigenvalue weighted by atomic mass is 9.96. The predicted molar refractivity (Wildman–Crippen MR) is 248 cm³/mol. The molecule has 0 aliphatic rings. The fourth-order valence-electron chi connectivity index (χ4n) is 6.48. The average Bonchev–Trinajstić information content (AvgIpc) is 3.26. The predicted octanol–water partition coefficient (Wildman–Crippen LogP) is -6.23. The van der Waals surface area contributed by atoms with E-state index >= 15 is 0 Å². The molecule has 27 heteroatoms. The molecule has 0 radical (unpaired) electrons. The molecular formula is C42H77N13O14. The minimum absolute atomic E-state index is 0.0545. The number of nitrogens with two attached hydrogens (primary N) is 5. The first-order valence-corrected chi connectivity index (χ1v) is 22.9. The highest BCUT2D eigenvalue weighted by Crippen LogP contribution is 2.13. The Morgan fingerprint density at radius 1 is 0.507 bits per heavy atom. The van der Waals surface area contributed by atoms with E-state index in [-0.39, 0.29) is 31.7 Å². The van der Waals surface area contributed by atoms with E-state index in [1.165, 1.54) is 0 Å². The molecule has 0 heterocycles. The number of carbonyl (C=O) groups excluding carboxylic acids is 10. The normalized spacial score (nSPS) is 15.9. The zero-order valence-electron chi connectivity index (χ0n) is 40.3. The van der Waals surface area contributed by atoms with Gasteiger partial charge in [-0.3, -0.25) is 47.9 Å². The van der Waals surface area contributed by atoms with E-state index in [1.807, 2.05) is 19.2 Å². The number of aliphatic carboxylic acids is 1. The third-order valence-electron chi connectivity index (χ3n) is 10.7. The topological polar surface area (TPSA) is 475 Å². The Hall–Kier alpha value is -6.03. The van der Waals surface area contributed by atoms with Crippen LogP contribution in [-0.4, -0.2) is 161 Å². The van der Waals surface area contributed by atoms with Crippen molar-refractivity contribution in [3.63, 3.8) is 0 Å². The molecular weight excluding hydrogens is 911 g/mol. The summed E-state index contributed by atoms with van der Waals surface area (Å²) in [6.07, 6.45) is -0.547. The average molecular weight is 988 g/mol. The van der Waals surface area contributed by atoms with Gasteiger partial charge in [-0.25, -0.2) is 4.79 Å². The molecule has 0 aromatic heterocycles. The van der Waals surface area contributed by atoms with E-state index in [0.29, 0.717) is 38.6 Å². The molecule has 0 saturated heterocycles. The van der Waals surface area contributed by atoms with E-state index in [0.717, 1.165) is 13.8 Å². The first-order chi connectivity index (χ1) is 32.2. The van der Waals surface area contributed by atoms with Gasteiger partial charge in [0.1, 0.15) is 42.3 Å². The number of carboxylic acid groups (broad SMARTS) is 1. The molecule has 0 fully saturated rings. The molecule has 0 bridgehead atoms. The van der Waals surface area contributed by atoms with Crippen LogP contribution in [0, 0.1) is 11.8 Å². The minimum Gasteiger partial charge on any atom is -0.480 e. The highest BCUT2D eigenvalue weighted by atomic mass is 16.4. The zero-order valence-corrected chi connectivity index (χ0v) is 40.3. The summed E-state index contributed by atoms with van der Waals surface area (Å²) < 4.78 is 0. The number of hydrogen-bond donors (Lipinski definition) is 16. The minimum atomic E-state index is -1.85. The van der Waals surface area contributed by atoms with Gasteiger partial charge in [-0.05, 0) is 77.3 Å². The van der Waals surface area contributed by atoms with Crippen LogP contribution in [0.25, 0.3) is 0 Å². The molecule has 0 aliphatic heterocycles. The molecule has 0 unspecified atom stereocenters. The van der Waals surface area contributed by atoms with Crippen LogP contribution in [0.3, 0.4) is 0 Å². The number of primary amides is 2. The van der Waals surface area contributed by atoms with Gasteiger partial charge in [0.25, 0.3) is 0 Å². The standard InChI is InChI=1S/C42H77N13O14/c1-7-21(4)32(54-39(65)26(16-20(2)3)50-35(61)24(45)12-8-10-14-43)41(67)49-25(13-9-11-15-44)36(62)51-28(18-31(47)59)38(64)52-27(17-30(46)58)37(63)48-22(5)34(60)53-29(19-56)40(66)55-33(23(6)57)42(68)69/h20-29,32-33,56-57H,7-19,43-45H2,1-6H3,(H2,46,58)(H2,47,59)(H,48,63)(H,49,67)(H,50,61)(H,51,62)(H,52,64)(H,53,60)(H,54,65)(H,55,66)(H,68,69)/t21-,22-,23+,24-,25-,26-,27-,28-,29-,32-,33-/m0/s1.